The average Bonchev–Trinajstić information content (AvgIpc) is 2.77. The van der Waals surface area contributed by atoms with E-state index in [0.717, 1.165) is 0 Å². The van der Waals surface area contributed by atoms with E-state index < -0.39 is 0 Å². The van der Waals surface area contributed by atoms with Crippen molar-refractivity contribution in [3.05, 3.63) is 93.6 Å². The zero-order chi connectivity index (χ0) is 21.3. The predicted octanol–water partition coefficient (Wildman–Crippen LogP) is 5.12. The maximum absolute atomic E-state index is 13.4. The maximum Gasteiger partial charge on any atom is 0.256 e. The van der Waals surface area contributed by atoms with Crippen LogP contribution in [0, 0.1) is 0 Å². The van der Waals surface area contributed by atoms with E-state index in [0.29, 0.717) is 44.2 Å². The number of fused-ring (bicyclic) bond motifs is 1. The summed E-state index contributed by atoms with van der Waals surface area (Å²) in [5.74, 6) is 0.626. The molecule has 3 aromatic carbocycles. The number of hydrogen-bond donors (Lipinski definition) is 1. The predicted molar refractivity (Wildman–Crippen MR) is 121 cm³/mol. The van der Waals surface area contributed by atoms with Crippen LogP contribution in [-0.4, -0.2) is 17.6 Å². The number of carbonyl (C=O) groups excluding carboxylic acids is 1. The minimum atomic E-state index is -0.345. The van der Waals surface area contributed by atoms with Gasteiger partial charge in [-0.05, 0) is 48.0 Å². The number of halogens is 1. The molecule has 0 spiro atoms. The Morgan fingerprint density at radius 2 is 1.77 bits per heavy atom. The van der Waals surface area contributed by atoms with Crippen LogP contribution in [0.15, 0.2) is 77.6 Å². The quantitative estimate of drug-likeness (QED) is 0.500. The number of hydrogen-bond acceptors (Lipinski definition) is 3. The first kappa shape index (κ1) is 19.7. The number of ether oxygens (including phenoxy) is 1. The molecule has 5 nitrogen and oxygen atoms in total. The Morgan fingerprint density at radius 1 is 1.00 bits per heavy atom. The number of pyridine rings is 1. The molecule has 0 aliphatic carbocycles. The lowest BCUT2D eigenvalue weighted by atomic mass is 10.0. The third-order valence-corrected chi connectivity index (χ3v) is 5.22. The van der Waals surface area contributed by atoms with Crippen LogP contribution < -0.4 is 15.5 Å². The Kier molecular flexibility index (Phi) is 5.29. The highest BCUT2D eigenvalue weighted by molar-refractivity contribution is 6.30. The highest BCUT2D eigenvalue weighted by atomic mass is 35.5. The molecular weight excluding hydrogens is 400 g/mol. The summed E-state index contributed by atoms with van der Waals surface area (Å²) in [6, 6.07) is 21.2. The van der Waals surface area contributed by atoms with Crippen LogP contribution >= 0.6 is 11.6 Å². The summed E-state index contributed by atoms with van der Waals surface area (Å²) in [5, 5.41) is 3.99. The number of amides is 1. The normalized spacial score (nSPS) is 10.8. The summed E-state index contributed by atoms with van der Waals surface area (Å²) in [5.41, 5.74) is 1.98. The summed E-state index contributed by atoms with van der Waals surface area (Å²) in [7, 11) is 3.36. The molecular formula is C24H19ClN2O3. The van der Waals surface area contributed by atoms with Crippen molar-refractivity contribution in [2.24, 2.45) is 7.05 Å². The standard InChI is InChI=1S/C24H19ClN2O3/c1-27-20-12-4-3-11-19(20)22(28)21(15-7-5-9-17(25)13-15)23(27)26-24(29)16-8-6-10-18(14-16)30-2/h3-14H,1-2H3,(H,26,29). The van der Waals surface area contributed by atoms with Crippen LogP contribution in [0.1, 0.15) is 10.4 Å². The van der Waals surface area contributed by atoms with Gasteiger partial charge in [-0.25, -0.2) is 0 Å². The molecule has 1 N–H and O–H groups in total. The number of benzene rings is 3. The minimum absolute atomic E-state index is 0.174. The van der Waals surface area contributed by atoms with Crippen molar-refractivity contribution >= 4 is 34.2 Å². The van der Waals surface area contributed by atoms with Crippen molar-refractivity contribution in [1.29, 1.82) is 0 Å². The minimum Gasteiger partial charge on any atom is -0.497 e. The SMILES string of the molecule is COc1cccc(C(=O)Nc2c(-c3cccc(Cl)c3)c(=O)c3ccccc3n2C)c1. The van der Waals surface area contributed by atoms with Crippen molar-refractivity contribution in [3.63, 3.8) is 0 Å². The lowest BCUT2D eigenvalue weighted by molar-refractivity contribution is 0.102. The molecule has 6 heteroatoms. The molecule has 0 bridgehead atoms. The van der Waals surface area contributed by atoms with Gasteiger partial charge in [-0.15, -0.1) is 0 Å². The number of para-hydroxylation sites is 1. The molecule has 1 amide bonds. The van der Waals surface area contributed by atoms with Gasteiger partial charge in [0.1, 0.15) is 11.6 Å². The first-order chi connectivity index (χ1) is 14.5. The zero-order valence-electron chi connectivity index (χ0n) is 16.5. The second-order valence-corrected chi connectivity index (χ2v) is 7.26. The Hall–Kier alpha value is -3.57. The van der Waals surface area contributed by atoms with Gasteiger partial charge in [-0.3, -0.25) is 9.59 Å². The molecule has 0 atom stereocenters. The number of methoxy groups -OCH3 is 1. The van der Waals surface area contributed by atoms with Gasteiger partial charge in [0.15, 0.2) is 5.43 Å². The van der Waals surface area contributed by atoms with Crippen molar-refractivity contribution in [3.8, 4) is 16.9 Å². The fraction of sp³-hybridized carbons (Fsp3) is 0.0833. The highest BCUT2D eigenvalue weighted by Crippen LogP contribution is 2.30. The number of anilines is 1. The molecule has 150 valence electrons. The molecule has 0 fully saturated rings. The van der Waals surface area contributed by atoms with Crippen LogP contribution in [0.5, 0.6) is 5.75 Å². The summed E-state index contributed by atoms with van der Waals surface area (Å²) in [4.78, 5) is 26.4. The second kappa shape index (κ2) is 8.05. The Bertz CT molecular complexity index is 1330. The van der Waals surface area contributed by atoms with Gasteiger partial charge in [0.05, 0.1) is 18.2 Å². The summed E-state index contributed by atoms with van der Waals surface area (Å²) in [6.45, 7) is 0. The molecule has 0 radical (unpaired) electrons. The van der Waals surface area contributed by atoms with Crippen LogP contribution in [0.25, 0.3) is 22.0 Å². The first-order valence-electron chi connectivity index (χ1n) is 9.32. The Balaban J connectivity index is 1.93. The van der Waals surface area contributed by atoms with Gasteiger partial charge in [0.25, 0.3) is 5.91 Å². The van der Waals surface area contributed by atoms with E-state index in [-0.39, 0.29) is 11.3 Å². The molecule has 0 aliphatic rings. The third-order valence-electron chi connectivity index (χ3n) is 4.99. The molecule has 0 saturated heterocycles. The topological polar surface area (TPSA) is 60.3 Å². The second-order valence-electron chi connectivity index (χ2n) is 6.83. The number of rotatable bonds is 4. The lowest BCUT2D eigenvalue weighted by Crippen LogP contribution is -2.21. The van der Waals surface area contributed by atoms with Gasteiger partial charge in [-0.2, -0.15) is 0 Å². The van der Waals surface area contributed by atoms with Crippen LogP contribution in [0.3, 0.4) is 0 Å². The third kappa shape index (κ3) is 3.55. The number of nitrogens with zero attached hydrogens (tertiary/aromatic N) is 1. The highest BCUT2D eigenvalue weighted by Gasteiger charge is 2.19. The average molecular weight is 419 g/mol. The first-order valence-corrected chi connectivity index (χ1v) is 9.70. The lowest BCUT2D eigenvalue weighted by Gasteiger charge is -2.18. The van der Waals surface area contributed by atoms with E-state index in [1.54, 1.807) is 61.7 Å². The van der Waals surface area contributed by atoms with Crippen molar-refractivity contribution in [2.75, 3.05) is 12.4 Å². The Labute approximate surface area is 178 Å². The molecule has 0 saturated carbocycles. The van der Waals surface area contributed by atoms with E-state index in [9.17, 15) is 9.59 Å². The van der Waals surface area contributed by atoms with Gasteiger partial charge < -0.3 is 14.6 Å². The van der Waals surface area contributed by atoms with E-state index in [2.05, 4.69) is 5.32 Å². The molecule has 4 aromatic rings. The largest absolute Gasteiger partial charge is 0.497 e. The number of carbonyl (C=O) groups is 1. The van der Waals surface area contributed by atoms with Crippen molar-refractivity contribution < 1.29 is 9.53 Å². The van der Waals surface area contributed by atoms with E-state index in [1.165, 1.54) is 0 Å². The summed E-state index contributed by atoms with van der Waals surface area (Å²) >= 11 is 6.18. The zero-order valence-corrected chi connectivity index (χ0v) is 17.2. The van der Waals surface area contributed by atoms with E-state index >= 15 is 0 Å². The van der Waals surface area contributed by atoms with Gasteiger partial charge in [-0.1, -0.05) is 41.9 Å². The molecule has 30 heavy (non-hydrogen) atoms. The maximum atomic E-state index is 13.4. The van der Waals surface area contributed by atoms with E-state index in [4.69, 9.17) is 16.3 Å². The van der Waals surface area contributed by atoms with Crippen LogP contribution in [-0.2, 0) is 7.05 Å². The van der Waals surface area contributed by atoms with Crippen LogP contribution in [0.2, 0.25) is 5.02 Å². The van der Waals surface area contributed by atoms with Gasteiger partial charge in [0.2, 0.25) is 0 Å². The molecule has 1 aromatic heterocycles. The molecule has 1 heterocycles. The smallest absolute Gasteiger partial charge is 0.256 e. The molecule has 0 aliphatic heterocycles. The van der Waals surface area contributed by atoms with Crippen LogP contribution in [0.4, 0.5) is 5.82 Å². The fourth-order valence-electron chi connectivity index (χ4n) is 3.49. The number of nitrogens with one attached hydrogen (secondary N) is 1. The van der Waals surface area contributed by atoms with E-state index in [1.807, 2.05) is 29.8 Å². The van der Waals surface area contributed by atoms with Crippen molar-refractivity contribution in [2.45, 2.75) is 0 Å². The fourth-order valence-corrected chi connectivity index (χ4v) is 3.68. The van der Waals surface area contributed by atoms with Gasteiger partial charge in [0, 0.05) is 23.0 Å². The molecule has 0 unspecified atom stereocenters. The summed E-state index contributed by atoms with van der Waals surface area (Å²) < 4.78 is 7.02. The molecule has 4 rings (SSSR count). The van der Waals surface area contributed by atoms with Gasteiger partial charge >= 0.3 is 0 Å². The number of aryl methyl sites for hydroxylation is 1. The number of aromatic nitrogens is 1. The summed E-state index contributed by atoms with van der Waals surface area (Å²) in [6.07, 6.45) is 0. The monoisotopic (exact) mass is 418 g/mol. The van der Waals surface area contributed by atoms with Crippen molar-refractivity contribution in [1.82, 2.24) is 4.57 Å². The Morgan fingerprint density at radius 3 is 2.53 bits per heavy atom.